The van der Waals surface area contributed by atoms with Gasteiger partial charge in [-0.3, -0.25) is 14.2 Å². The Morgan fingerprint density at radius 1 is 1.19 bits per heavy atom. The first kappa shape index (κ1) is 20.8. The van der Waals surface area contributed by atoms with Crippen molar-refractivity contribution in [3.05, 3.63) is 64.4 Å². The fourth-order valence-electron chi connectivity index (χ4n) is 4.42. The molecule has 32 heavy (non-hydrogen) atoms. The molecule has 7 heteroatoms. The number of aryl methyl sites for hydroxylation is 1. The Kier molecular flexibility index (Phi) is 5.74. The summed E-state index contributed by atoms with van der Waals surface area (Å²) in [5, 5.41) is 4.36. The second-order valence-electron chi connectivity index (χ2n) is 8.17. The Hall–Kier alpha value is -3.06. The number of nitrogens with one attached hydrogen (secondary N) is 1. The lowest BCUT2D eigenvalue weighted by Gasteiger charge is -2.17. The van der Waals surface area contributed by atoms with E-state index in [9.17, 15) is 9.59 Å². The highest BCUT2D eigenvalue weighted by molar-refractivity contribution is 7.99. The fourth-order valence-corrected chi connectivity index (χ4v) is 5.28. The molecule has 0 aliphatic heterocycles. The van der Waals surface area contributed by atoms with Gasteiger partial charge in [-0.2, -0.15) is 0 Å². The molecule has 1 fully saturated rings. The van der Waals surface area contributed by atoms with Gasteiger partial charge in [-0.15, -0.1) is 0 Å². The zero-order valence-electron chi connectivity index (χ0n) is 18.0. The molecule has 0 spiro atoms. The maximum absolute atomic E-state index is 13.4. The van der Waals surface area contributed by atoms with E-state index in [1.54, 1.807) is 4.57 Å². The molecule has 1 N–H and O–H groups in total. The molecule has 0 saturated heterocycles. The summed E-state index contributed by atoms with van der Waals surface area (Å²) in [4.78, 5) is 30.9. The van der Waals surface area contributed by atoms with Gasteiger partial charge >= 0.3 is 0 Å². The number of amides is 1. The molecule has 0 atom stereocenters. The average molecular weight is 448 g/mol. The Labute approximate surface area is 190 Å². The minimum absolute atomic E-state index is 0.0967. The third-order valence-corrected chi connectivity index (χ3v) is 6.99. The highest BCUT2D eigenvalue weighted by atomic mass is 32.2. The van der Waals surface area contributed by atoms with E-state index in [0.717, 1.165) is 43.2 Å². The normalized spacial score (nSPS) is 14.4. The van der Waals surface area contributed by atoms with Gasteiger partial charge in [0.1, 0.15) is 11.1 Å². The molecule has 1 aliphatic carbocycles. The molecule has 1 amide bonds. The predicted molar refractivity (Wildman–Crippen MR) is 128 cm³/mol. The van der Waals surface area contributed by atoms with Gasteiger partial charge in [-0.1, -0.05) is 55.8 Å². The summed E-state index contributed by atoms with van der Waals surface area (Å²) in [5.41, 5.74) is 3.32. The van der Waals surface area contributed by atoms with Gasteiger partial charge in [0, 0.05) is 17.1 Å². The molecule has 2 aromatic carbocycles. The zero-order valence-corrected chi connectivity index (χ0v) is 18.8. The van der Waals surface area contributed by atoms with E-state index in [0.29, 0.717) is 21.8 Å². The lowest BCUT2D eigenvalue weighted by Crippen LogP contribution is -2.26. The predicted octanol–water partition coefficient (Wildman–Crippen LogP) is 5.55. The van der Waals surface area contributed by atoms with Crippen molar-refractivity contribution >= 4 is 45.4 Å². The molecule has 0 bridgehead atoms. The van der Waals surface area contributed by atoms with Crippen molar-refractivity contribution in [1.82, 2.24) is 9.55 Å². The van der Waals surface area contributed by atoms with Crippen molar-refractivity contribution in [3.8, 4) is 0 Å². The van der Waals surface area contributed by atoms with Crippen LogP contribution < -0.4 is 10.9 Å². The minimum Gasteiger partial charge on any atom is -0.448 e. The number of hydrogen-bond donors (Lipinski definition) is 1. The molecular weight excluding hydrogens is 422 g/mol. The monoisotopic (exact) mass is 447 g/mol. The van der Waals surface area contributed by atoms with Crippen LogP contribution in [0.5, 0.6) is 0 Å². The van der Waals surface area contributed by atoms with Crippen molar-refractivity contribution in [1.29, 1.82) is 0 Å². The summed E-state index contributed by atoms with van der Waals surface area (Å²) in [6, 6.07) is 15.5. The van der Waals surface area contributed by atoms with E-state index in [1.807, 2.05) is 48.5 Å². The van der Waals surface area contributed by atoms with Crippen LogP contribution in [0.15, 0.2) is 62.9 Å². The molecule has 0 radical (unpaired) electrons. The lowest BCUT2D eigenvalue weighted by atomic mass is 10.1. The van der Waals surface area contributed by atoms with Crippen LogP contribution in [-0.4, -0.2) is 21.2 Å². The number of hydrogen-bond acceptors (Lipinski definition) is 5. The first-order valence-corrected chi connectivity index (χ1v) is 12.1. The third-order valence-electron chi connectivity index (χ3n) is 6.04. The molecule has 164 valence electrons. The van der Waals surface area contributed by atoms with E-state index in [2.05, 4.69) is 12.2 Å². The molecule has 6 nitrogen and oxygen atoms in total. The van der Waals surface area contributed by atoms with E-state index in [4.69, 9.17) is 9.40 Å². The van der Waals surface area contributed by atoms with Crippen molar-refractivity contribution in [2.24, 2.45) is 0 Å². The lowest BCUT2D eigenvalue weighted by molar-refractivity contribution is -0.113. The van der Waals surface area contributed by atoms with Crippen molar-refractivity contribution in [3.63, 3.8) is 0 Å². The smallest absolute Gasteiger partial charge is 0.298 e. The van der Waals surface area contributed by atoms with E-state index in [-0.39, 0.29) is 23.3 Å². The number of furan rings is 1. The summed E-state index contributed by atoms with van der Waals surface area (Å²) in [7, 11) is 0. The third kappa shape index (κ3) is 3.93. The summed E-state index contributed by atoms with van der Waals surface area (Å²) < 4.78 is 7.64. The van der Waals surface area contributed by atoms with Crippen LogP contribution in [0.3, 0.4) is 0 Å². The second-order valence-corrected chi connectivity index (χ2v) is 9.12. The molecule has 5 rings (SSSR count). The Morgan fingerprint density at radius 2 is 2.00 bits per heavy atom. The number of aromatic nitrogens is 2. The Morgan fingerprint density at radius 3 is 2.81 bits per heavy atom. The van der Waals surface area contributed by atoms with Crippen LogP contribution in [0, 0.1) is 0 Å². The van der Waals surface area contributed by atoms with Crippen LogP contribution in [0.1, 0.15) is 44.2 Å². The van der Waals surface area contributed by atoms with Crippen LogP contribution in [0.2, 0.25) is 0 Å². The molecule has 1 saturated carbocycles. The number of nitrogens with zero attached hydrogens (tertiary/aromatic N) is 2. The van der Waals surface area contributed by atoms with Crippen molar-refractivity contribution in [2.75, 3.05) is 11.1 Å². The van der Waals surface area contributed by atoms with Gasteiger partial charge in [0.15, 0.2) is 5.16 Å². The second kappa shape index (κ2) is 8.82. The number of carbonyl (C=O) groups excluding carboxylic acids is 1. The minimum atomic E-state index is -0.156. The largest absolute Gasteiger partial charge is 0.448 e. The summed E-state index contributed by atoms with van der Waals surface area (Å²) in [6.45, 7) is 2.08. The highest BCUT2D eigenvalue weighted by Gasteiger charge is 2.25. The van der Waals surface area contributed by atoms with Crippen LogP contribution in [-0.2, 0) is 11.2 Å². The van der Waals surface area contributed by atoms with Gasteiger partial charge in [0.2, 0.25) is 11.5 Å². The van der Waals surface area contributed by atoms with Gasteiger partial charge in [-0.25, -0.2) is 4.98 Å². The summed E-state index contributed by atoms with van der Waals surface area (Å²) in [5.74, 6) is 0.0594. The van der Waals surface area contributed by atoms with E-state index in [1.165, 1.54) is 17.3 Å². The maximum Gasteiger partial charge on any atom is 0.298 e. The van der Waals surface area contributed by atoms with E-state index >= 15 is 0 Å². The number of fused-ring (bicyclic) bond motifs is 3. The number of para-hydroxylation sites is 1. The molecule has 2 aromatic heterocycles. The number of anilines is 1. The Balaban J connectivity index is 1.47. The van der Waals surface area contributed by atoms with Gasteiger partial charge in [0.25, 0.3) is 5.56 Å². The zero-order chi connectivity index (χ0) is 22.1. The molecular formula is C25H25N3O3S. The fraction of sp³-hybridized carbons (Fsp3) is 0.320. The summed E-state index contributed by atoms with van der Waals surface area (Å²) >= 11 is 1.31. The van der Waals surface area contributed by atoms with Gasteiger partial charge < -0.3 is 9.73 Å². The number of rotatable bonds is 6. The number of thioether (sulfide) groups is 1. The van der Waals surface area contributed by atoms with Crippen LogP contribution >= 0.6 is 11.8 Å². The standard InChI is InChI=1S/C25H25N3O3S/c1-2-16-8-7-9-17(14-16)26-21(29)15-32-25-27-22-19-12-5-6-13-20(19)31-23(22)24(30)28(25)18-10-3-4-11-18/h5-9,12-14,18H,2-4,10-11,15H2,1H3,(H,26,29). The Bertz CT molecular complexity index is 1350. The molecule has 4 aromatic rings. The van der Waals surface area contributed by atoms with Crippen molar-refractivity contribution < 1.29 is 9.21 Å². The topological polar surface area (TPSA) is 77.1 Å². The van der Waals surface area contributed by atoms with E-state index < -0.39 is 0 Å². The summed E-state index contributed by atoms with van der Waals surface area (Å²) in [6.07, 6.45) is 4.98. The molecule has 0 unspecified atom stereocenters. The maximum atomic E-state index is 13.4. The quantitative estimate of drug-likeness (QED) is 0.310. The first-order chi connectivity index (χ1) is 15.6. The average Bonchev–Trinajstić information content (AvgIpc) is 3.46. The SMILES string of the molecule is CCc1cccc(NC(=O)CSc2nc3c(oc4ccccc43)c(=O)n2C2CCCC2)c1. The van der Waals surface area contributed by atoms with Crippen molar-refractivity contribution in [2.45, 2.75) is 50.2 Å². The van der Waals surface area contributed by atoms with Gasteiger partial charge in [0.05, 0.1) is 5.75 Å². The van der Waals surface area contributed by atoms with Gasteiger partial charge in [-0.05, 0) is 49.1 Å². The van der Waals surface area contributed by atoms with Crippen LogP contribution in [0.25, 0.3) is 22.1 Å². The highest BCUT2D eigenvalue weighted by Crippen LogP contribution is 2.34. The molecule has 2 heterocycles. The number of carbonyl (C=O) groups is 1. The van der Waals surface area contributed by atoms with Crippen LogP contribution in [0.4, 0.5) is 5.69 Å². The first-order valence-electron chi connectivity index (χ1n) is 11.1. The molecule has 1 aliphatic rings. The number of benzene rings is 2.